The molecule has 2 rings (SSSR count). The lowest BCUT2D eigenvalue weighted by atomic mass is 10.2. The van der Waals surface area contributed by atoms with E-state index in [0.29, 0.717) is 6.42 Å². The SMILES string of the molecule is C=CCC(N)c1cnn(-c2ccccc2)n1. The second-order valence-corrected chi connectivity index (χ2v) is 3.53. The topological polar surface area (TPSA) is 56.7 Å². The van der Waals surface area contributed by atoms with E-state index in [2.05, 4.69) is 16.8 Å². The predicted molar refractivity (Wildman–Crippen MR) is 63.1 cm³/mol. The number of hydrogen-bond acceptors (Lipinski definition) is 3. The summed E-state index contributed by atoms with van der Waals surface area (Å²) in [6.07, 6.45) is 4.18. The van der Waals surface area contributed by atoms with Gasteiger partial charge in [0.05, 0.1) is 17.9 Å². The number of para-hydroxylation sites is 1. The minimum atomic E-state index is -0.130. The molecule has 4 heteroatoms. The molecule has 0 aliphatic heterocycles. The quantitative estimate of drug-likeness (QED) is 0.790. The van der Waals surface area contributed by atoms with Crippen LogP contribution in [0.15, 0.2) is 49.2 Å². The number of nitrogens with zero attached hydrogens (tertiary/aromatic N) is 3. The summed E-state index contributed by atoms with van der Waals surface area (Å²) in [5.41, 5.74) is 7.62. The van der Waals surface area contributed by atoms with Crippen molar-refractivity contribution in [3.63, 3.8) is 0 Å². The molecule has 1 aromatic heterocycles. The molecule has 0 fully saturated rings. The van der Waals surface area contributed by atoms with E-state index in [4.69, 9.17) is 5.73 Å². The van der Waals surface area contributed by atoms with Crippen LogP contribution in [0.3, 0.4) is 0 Å². The maximum atomic E-state index is 5.91. The second kappa shape index (κ2) is 4.72. The van der Waals surface area contributed by atoms with E-state index in [1.807, 2.05) is 30.3 Å². The van der Waals surface area contributed by atoms with Gasteiger partial charge < -0.3 is 5.73 Å². The van der Waals surface area contributed by atoms with Gasteiger partial charge in [0.1, 0.15) is 5.69 Å². The van der Waals surface area contributed by atoms with Crippen LogP contribution in [-0.2, 0) is 0 Å². The largest absolute Gasteiger partial charge is 0.322 e. The van der Waals surface area contributed by atoms with E-state index in [1.165, 1.54) is 0 Å². The van der Waals surface area contributed by atoms with Crippen molar-refractivity contribution in [2.45, 2.75) is 12.5 Å². The van der Waals surface area contributed by atoms with E-state index >= 15 is 0 Å². The molecule has 0 bridgehead atoms. The van der Waals surface area contributed by atoms with Gasteiger partial charge in [0, 0.05) is 0 Å². The van der Waals surface area contributed by atoms with Crippen LogP contribution in [0, 0.1) is 0 Å². The highest BCUT2D eigenvalue weighted by atomic mass is 15.5. The summed E-state index contributed by atoms with van der Waals surface area (Å²) in [5.74, 6) is 0. The maximum absolute atomic E-state index is 5.91. The van der Waals surface area contributed by atoms with Crippen molar-refractivity contribution in [2.24, 2.45) is 5.73 Å². The Morgan fingerprint density at radius 1 is 1.38 bits per heavy atom. The summed E-state index contributed by atoms with van der Waals surface area (Å²) >= 11 is 0. The minimum Gasteiger partial charge on any atom is -0.322 e. The van der Waals surface area contributed by atoms with Gasteiger partial charge in [-0.3, -0.25) is 0 Å². The van der Waals surface area contributed by atoms with Crippen LogP contribution in [0.4, 0.5) is 0 Å². The first kappa shape index (κ1) is 10.6. The normalized spacial score (nSPS) is 12.3. The summed E-state index contributed by atoms with van der Waals surface area (Å²) in [6.45, 7) is 3.66. The molecule has 0 spiro atoms. The number of benzene rings is 1. The average Bonchev–Trinajstić information content (AvgIpc) is 2.80. The fourth-order valence-electron chi connectivity index (χ4n) is 1.43. The molecule has 82 valence electrons. The van der Waals surface area contributed by atoms with Gasteiger partial charge in [-0.1, -0.05) is 24.3 Å². The van der Waals surface area contributed by atoms with Gasteiger partial charge in [0.15, 0.2) is 0 Å². The minimum absolute atomic E-state index is 0.130. The molecule has 0 aliphatic carbocycles. The summed E-state index contributed by atoms with van der Waals surface area (Å²) in [5, 5.41) is 8.51. The molecule has 0 saturated heterocycles. The lowest BCUT2D eigenvalue weighted by molar-refractivity contribution is 0.676. The number of rotatable bonds is 4. The van der Waals surface area contributed by atoms with Crippen molar-refractivity contribution >= 4 is 0 Å². The Balaban J connectivity index is 2.23. The monoisotopic (exact) mass is 214 g/mol. The zero-order chi connectivity index (χ0) is 11.4. The van der Waals surface area contributed by atoms with Gasteiger partial charge in [0.25, 0.3) is 0 Å². The highest BCUT2D eigenvalue weighted by molar-refractivity contribution is 5.28. The van der Waals surface area contributed by atoms with E-state index < -0.39 is 0 Å². The molecule has 1 heterocycles. The first-order valence-electron chi connectivity index (χ1n) is 5.15. The first-order chi connectivity index (χ1) is 7.81. The van der Waals surface area contributed by atoms with Gasteiger partial charge in [-0.15, -0.1) is 6.58 Å². The molecule has 4 nitrogen and oxygen atoms in total. The van der Waals surface area contributed by atoms with E-state index in [-0.39, 0.29) is 6.04 Å². The van der Waals surface area contributed by atoms with E-state index in [0.717, 1.165) is 11.4 Å². The lowest BCUT2D eigenvalue weighted by Crippen LogP contribution is -2.10. The molecule has 1 atom stereocenters. The van der Waals surface area contributed by atoms with Crippen LogP contribution in [-0.4, -0.2) is 15.0 Å². The highest BCUT2D eigenvalue weighted by Crippen LogP contribution is 2.12. The Morgan fingerprint density at radius 2 is 2.12 bits per heavy atom. The smallest absolute Gasteiger partial charge is 0.100 e. The van der Waals surface area contributed by atoms with Crippen molar-refractivity contribution in [2.75, 3.05) is 0 Å². The molecule has 0 radical (unpaired) electrons. The van der Waals surface area contributed by atoms with Gasteiger partial charge in [-0.2, -0.15) is 15.0 Å². The lowest BCUT2D eigenvalue weighted by Gasteiger charge is -2.03. The number of nitrogens with two attached hydrogens (primary N) is 1. The maximum Gasteiger partial charge on any atom is 0.100 e. The standard InChI is InChI=1S/C12H14N4/c1-2-6-11(13)12-9-14-16(15-12)10-7-4-3-5-8-10/h2-5,7-9,11H,1,6,13H2. The molecule has 1 aromatic carbocycles. The molecule has 0 saturated carbocycles. The van der Waals surface area contributed by atoms with Crippen LogP contribution in [0.25, 0.3) is 5.69 Å². The van der Waals surface area contributed by atoms with Gasteiger partial charge in [0.2, 0.25) is 0 Å². The molecule has 0 aliphatic rings. The molecule has 0 amide bonds. The molecular weight excluding hydrogens is 200 g/mol. The fraction of sp³-hybridized carbons (Fsp3) is 0.167. The first-order valence-corrected chi connectivity index (χ1v) is 5.15. The Morgan fingerprint density at radius 3 is 2.81 bits per heavy atom. The van der Waals surface area contributed by atoms with E-state index in [1.54, 1.807) is 17.1 Å². The highest BCUT2D eigenvalue weighted by Gasteiger charge is 2.09. The number of aromatic nitrogens is 3. The van der Waals surface area contributed by atoms with Crippen molar-refractivity contribution in [1.82, 2.24) is 15.0 Å². The molecule has 2 N–H and O–H groups in total. The molecular formula is C12H14N4. The summed E-state index contributed by atoms with van der Waals surface area (Å²) in [4.78, 5) is 1.58. The molecule has 2 aromatic rings. The van der Waals surface area contributed by atoms with Crippen LogP contribution in [0.2, 0.25) is 0 Å². The van der Waals surface area contributed by atoms with Gasteiger partial charge >= 0.3 is 0 Å². The van der Waals surface area contributed by atoms with Crippen molar-refractivity contribution < 1.29 is 0 Å². The Labute approximate surface area is 94.4 Å². The zero-order valence-corrected chi connectivity index (χ0v) is 8.95. The van der Waals surface area contributed by atoms with Crippen molar-refractivity contribution in [3.8, 4) is 5.69 Å². The Kier molecular flexibility index (Phi) is 3.12. The van der Waals surface area contributed by atoms with Crippen molar-refractivity contribution in [1.29, 1.82) is 0 Å². The zero-order valence-electron chi connectivity index (χ0n) is 8.95. The summed E-state index contributed by atoms with van der Waals surface area (Å²) in [6, 6.07) is 9.61. The van der Waals surface area contributed by atoms with Crippen LogP contribution < -0.4 is 5.73 Å². The van der Waals surface area contributed by atoms with E-state index in [9.17, 15) is 0 Å². The third-order valence-electron chi connectivity index (χ3n) is 2.30. The van der Waals surface area contributed by atoms with Gasteiger partial charge in [-0.05, 0) is 18.6 Å². The van der Waals surface area contributed by atoms with Crippen LogP contribution >= 0.6 is 0 Å². The number of hydrogen-bond donors (Lipinski definition) is 1. The van der Waals surface area contributed by atoms with Gasteiger partial charge in [-0.25, -0.2) is 0 Å². The third-order valence-corrected chi connectivity index (χ3v) is 2.30. The molecule has 16 heavy (non-hydrogen) atoms. The Hall–Kier alpha value is -1.94. The van der Waals surface area contributed by atoms with Crippen molar-refractivity contribution in [3.05, 3.63) is 54.9 Å². The summed E-state index contributed by atoms with van der Waals surface area (Å²) < 4.78 is 0. The second-order valence-electron chi connectivity index (χ2n) is 3.53. The van der Waals surface area contributed by atoms with Crippen LogP contribution in [0.1, 0.15) is 18.2 Å². The average molecular weight is 214 g/mol. The summed E-state index contributed by atoms with van der Waals surface area (Å²) in [7, 11) is 0. The predicted octanol–water partition coefficient (Wildman–Crippen LogP) is 1.84. The fourth-order valence-corrected chi connectivity index (χ4v) is 1.43. The Bertz CT molecular complexity index is 461. The third kappa shape index (κ3) is 2.17. The van der Waals surface area contributed by atoms with Crippen LogP contribution in [0.5, 0.6) is 0 Å². The molecule has 1 unspecified atom stereocenters.